The monoisotopic (exact) mass is 298 g/mol. The quantitative estimate of drug-likeness (QED) is 0.886. The van der Waals surface area contributed by atoms with E-state index < -0.39 is 5.97 Å². The molecule has 1 aromatic rings. The van der Waals surface area contributed by atoms with E-state index >= 15 is 0 Å². The molecule has 1 saturated heterocycles. The molecule has 1 aliphatic rings. The Kier molecular flexibility index (Phi) is 4.89. The van der Waals surface area contributed by atoms with E-state index in [4.69, 9.17) is 5.11 Å². The predicted octanol–water partition coefficient (Wildman–Crippen LogP) is 1.96. The summed E-state index contributed by atoms with van der Waals surface area (Å²) in [5.74, 6) is -0.516. The standard InChI is InChI=1S/C12H18N4O3S/c1-8-14-15-11(20-8)13-12(19)16-6-2-3-9(7-16)4-5-10(17)18/h9H,2-7H2,1H3,(H,17,18)(H,13,15,19). The number of nitrogens with zero attached hydrogens (tertiary/aromatic N) is 3. The number of carbonyl (C=O) groups is 2. The first-order valence-electron chi connectivity index (χ1n) is 6.62. The summed E-state index contributed by atoms with van der Waals surface area (Å²) in [6.07, 6.45) is 2.68. The van der Waals surface area contributed by atoms with Crippen LogP contribution >= 0.6 is 11.3 Å². The minimum absolute atomic E-state index is 0.162. The lowest BCUT2D eigenvalue weighted by Gasteiger charge is -2.32. The third-order valence-corrected chi connectivity index (χ3v) is 4.07. The normalized spacial score (nSPS) is 18.9. The summed E-state index contributed by atoms with van der Waals surface area (Å²) in [5.41, 5.74) is 0. The van der Waals surface area contributed by atoms with E-state index in [9.17, 15) is 9.59 Å². The summed E-state index contributed by atoms with van der Waals surface area (Å²) in [4.78, 5) is 24.4. The van der Waals surface area contributed by atoms with Crippen LogP contribution in [-0.2, 0) is 4.79 Å². The number of aromatic nitrogens is 2. The number of carboxylic acids is 1. The van der Waals surface area contributed by atoms with Crippen molar-refractivity contribution in [3.63, 3.8) is 0 Å². The maximum Gasteiger partial charge on any atom is 0.323 e. The van der Waals surface area contributed by atoms with Crippen molar-refractivity contribution in [2.75, 3.05) is 18.4 Å². The zero-order valence-electron chi connectivity index (χ0n) is 11.3. The number of anilines is 1. The van der Waals surface area contributed by atoms with Crippen LogP contribution in [0.2, 0.25) is 0 Å². The molecule has 7 nitrogen and oxygen atoms in total. The molecule has 0 aliphatic carbocycles. The molecule has 1 atom stereocenters. The molecule has 2 amide bonds. The number of nitrogens with one attached hydrogen (secondary N) is 1. The maximum atomic E-state index is 12.1. The Labute approximate surface area is 121 Å². The first-order chi connectivity index (χ1) is 9.54. The van der Waals surface area contributed by atoms with Gasteiger partial charge in [0.2, 0.25) is 5.13 Å². The van der Waals surface area contributed by atoms with Crippen LogP contribution in [-0.4, -0.2) is 45.3 Å². The maximum absolute atomic E-state index is 12.1. The largest absolute Gasteiger partial charge is 0.481 e. The smallest absolute Gasteiger partial charge is 0.323 e. The molecule has 2 heterocycles. The summed E-state index contributed by atoms with van der Waals surface area (Å²) < 4.78 is 0. The molecule has 0 radical (unpaired) electrons. The van der Waals surface area contributed by atoms with Crippen molar-refractivity contribution in [3.05, 3.63) is 5.01 Å². The van der Waals surface area contributed by atoms with Crippen molar-refractivity contribution >= 4 is 28.5 Å². The van der Waals surface area contributed by atoms with Crippen molar-refractivity contribution in [1.82, 2.24) is 15.1 Å². The molecule has 1 aromatic heterocycles. The molecular formula is C12H18N4O3S. The number of hydrogen-bond acceptors (Lipinski definition) is 5. The first kappa shape index (κ1) is 14.7. The summed E-state index contributed by atoms with van der Waals surface area (Å²) in [6.45, 7) is 3.14. The second-order valence-corrected chi connectivity index (χ2v) is 6.12. The second kappa shape index (κ2) is 6.65. The van der Waals surface area contributed by atoms with Gasteiger partial charge < -0.3 is 10.0 Å². The van der Waals surface area contributed by atoms with Crippen LogP contribution < -0.4 is 5.32 Å². The van der Waals surface area contributed by atoms with Gasteiger partial charge in [0.25, 0.3) is 0 Å². The number of urea groups is 1. The zero-order chi connectivity index (χ0) is 14.5. The number of aliphatic carboxylic acids is 1. The van der Waals surface area contributed by atoms with Crippen LogP contribution in [0, 0.1) is 12.8 Å². The van der Waals surface area contributed by atoms with Gasteiger partial charge in [-0.2, -0.15) is 0 Å². The number of rotatable bonds is 4. The van der Waals surface area contributed by atoms with Gasteiger partial charge in [-0.1, -0.05) is 11.3 Å². The lowest BCUT2D eigenvalue weighted by Crippen LogP contribution is -2.42. The van der Waals surface area contributed by atoms with Gasteiger partial charge in [0.05, 0.1) is 0 Å². The van der Waals surface area contributed by atoms with E-state index in [1.165, 1.54) is 11.3 Å². The predicted molar refractivity (Wildman–Crippen MR) is 74.8 cm³/mol. The minimum Gasteiger partial charge on any atom is -0.481 e. The lowest BCUT2D eigenvalue weighted by atomic mass is 9.93. The van der Waals surface area contributed by atoms with Gasteiger partial charge in [-0.25, -0.2) is 4.79 Å². The molecule has 1 fully saturated rings. The van der Waals surface area contributed by atoms with Crippen molar-refractivity contribution in [3.8, 4) is 0 Å². The van der Waals surface area contributed by atoms with Gasteiger partial charge in [0.15, 0.2) is 0 Å². The molecule has 1 aliphatic heterocycles. The van der Waals surface area contributed by atoms with Crippen LogP contribution in [0.15, 0.2) is 0 Å². The SMILES string of the molecule is Cc1nnc(NC(=O)N2CCCC(CCC(=O)O)C2)s1. The highest BCUT2D eigenvalue weighted by molar-refractivity contribution is 7.15. The van der Waals surface area contributed by atoms with E-state index in [2.05, 4.69) is 15.5 Å². The Hall–Kier alpha value is -1.70. The van der Waals surface area contributed by atoms with Crippen molar-refractivity contribution in [1.29, 1.82) is 0 Å². The molecule has 0 bridgehead atoms. The average Bonchev–Trinajstić information content (AvgIpc) is 2.82. The summed E-state index contributed by atoms with van der Waals surface area (Å²) in [5, 5.41) is 20.5. The number of carboxylic acid groups (broad SMARTS) is 1. The molecule has 20 heavy (non-hydrogen) atoms. The Bertz CT molecular complexity index is 491. The Balaban J connectivity index is 1.84. The highest BCUT2D eigenvalue weighted by atomic mass is 32.1. The highest BCUT2D eigenvalue weighted by Crippen LogP contribution is 2.22. The molecule has 110 valence electrons. The van der Waals surface area contributed by atoms with Gasteiger partial charge in [-0.15, -0.1) is 10.2 Å². The summed E-state index contributed by atoms with van der Waals surface area (Å²) >= 11 is 1.34. The molecule has 8 heteroatoms. The Morgan fingerprint density at radius 1 is 1.50 bits per heavy atom. The van der Waals surface area contributed by atoms with E-state index in [1.807, 2.05) is 6.92 Å². The highest BCUT2D eigenvalue weighted by Gasteiger charge is 2.24. The molecule has 2 N–H and O–H groups in total. The lowest BCUT2D eigenvalue weighted by molar-refractivity contribution is -0.137. The fourth-order valence-electron chi connectivity index (χ4n) is 2.33. The fraction of sp³-hybridized carbons (Fsp3) is 0.667. The summed E-state index contributed by atoms with van der Waals surface area (Å²) in [7, 11) is 0. The third-order valence-electron chi connectivity index (χ3n) is 3.31. The van der Waals surface area contributed by atoms with Crippen LogP contribution in [0.1, 0.15) is 30.7 Å². The van der Waals surface area contributed by atoms with Crippen LogP contribution in [0.25, 0.3) is 0 Å². The average molecular weight is 298 g/mol. The third kappa shape index (κ3) is 4.16. The first-order valence-corrected chi connectivity index (χ1v) is 7.44. The van der Waals surface area contributed by atoms with Gasteiger partial charge in [0.1, 0.15) is 5.01 Å². The van der Waals surface area contributed by atoms with Gasteiger partial charge in [-0.05, 0) is 32.1 Å². The van der Waals surface area contributed by atoms with Crippen molar-refractivity contribution in [2.45, 2.75) is 32.6 Å². The minimum atomic E-state index is -0.782. The Morgan fingerprint density at radius 3 is 2.95 bits per heavy atom. The van der Waals surface area contributed by atoms with Gasteiger partial charge in [-0.3, -0.25) is 10.1 Å². The van der Waals surface area contributed by atoms with E-state index in [1.54, 1.807) is 4.90 Å². The number of hydrogen-bond donors (Lipinski definition) is 2. The van der Waals surface area contributed by atoms with Crippen molar-refractivity contribution in [2.24, 2.45) is 5.92 Å². The van der Waals surface area contributed by atoms with E-state index in [0.717, 1.165) is 17.8 Å². The van der Waals surface area contributed by atoms with E-state index in [-0.39, 0.29) is 18.4 Å². The molecule has 2 rings (SSSR count). The molecular weight excluding hydrogens is 280 g/mol. The second-order valence-electron chi connectivity index (χ2n) is 4.94. The van der Waals surface area contributed by atoms with Gasteiger partial charge in [0, 0.05) is 19.5 Å². The Morgan fingerprint density at radius 2 is 2.30 bits per heavy atom. The van der Waals surface area contributed by atoms with Crippen LogP contribution in [0.4, 0.5) is 9.93 Å². The number of aryl methyl sites for hydroxylation is 1. The molecule has 0 spiro atoms. The molecule has 1 unspecified atom stereocenters. The number of likely N-dealkylation sites (tertiary alicyclic amines) is 1. The summed E-state index contributed by atoms with van der Waals surface area (Å²) in [6, 6.07) is -0.179. The molecule has 0 saturated carbocycles. The topological polar surface area (TPSA) is 95.4 Å². The van der Waals surface area contributed by atoms with Gasteiger partial charge >= 0.3 is 12.0 Å². The van der Waals surface area contributed by atoms with Crippen LogP contribution in [0.3, 0.4) is 0 Å². The van der Waals surface area contributed by atoms with E-state index in [0.29, 0.717) is 24.6 Å². The zero-order valence-corrected chi connectivity index (χ0v) is 12.2. The number of carbonyl (C=O) groups excluding carboxylic acids is 1. The fourth-order valence-corrected chi connectivity index (χ4v) is 2.91. The van der Waals surface area contributed by atoms with Crippen LogP contribution in [0.5, 0.6) is 0 Å². The molecule has 0 aromatic carbocycles. The number of amides is 2. The number of piperidine rings is 1. The van der Waals surface area contributed by atoms with Crippen molar-refractivity contribution < 1.29 is 14.7 Å².